The lowest BCUT2D eigenvalue weighted by molar-refractivity contribution is 0.0952. The fourth-order valence-electron chi connectivity index (χ4n) is 3.89. The number of amides is 2. The van der Waals surface area contributed by atoms with Crippen molar-refractivity contribution in [1.29, 1.82) is 0 Å². The summed E-state index contributed by atoms with van der Waals surface area (Å²) in [6, 6.07) is 20.9. The minimum absolute atomic E-state index is 0.179. The minimum Gasteiger partial charge on any atom is -0.361 e. The smallest absolute Gasteiger partial charge is 0.276 e. The van der Waals surface area contributed by atoms with Crippen LogP contribution >= 0.6 is 11.5 Å². The molecule has 0 saturated heterocycles. The third-order valence-electron chi connectivity index (χ3n) is 5.58. The third-order valence-corrected chi connectivity index (χ3v) is 6.40. The lowest BCUT2D eigenvalue weighted by Crippen LogP contribution is -2.25. The number of nitrogens with zero attached hydrogens (tertiary/aromatic N) is 1. The summed E-state index contributed by atoms with van der Waals surface area (Å²) in [5, 5.41) is 7.83. The zero-order valence-corrected chi connectivity index (χ0v) is 18.8. The Morgan fingerprint density at radius 1 is 0.970 bits per heavy atom. The van der Waals surface area contributed by atoms with E-state index in [1.807, 2.05) is 30.5 Å². The summed E-state index contributed by atoms with van der Waals surface area (Å²) >= 11 is 1.29. The van der Waals surface area contributed by atoms with Gasteiger partial charge in [-0.25, -0.2) is 0 Å². The Morgan fingerprint density at radius 3 is 2.76 bits per heavy atom. The van der Waals surface area contributed by atoms with Gasteiger partial charge in [-0.3, -0.25) is 9.59 Å². The van der Waals surface area contributed by atoms with Crippen molar-refractivity contribution in [3.05, 3.63) is 95.3 Å². The van der Waals surface area contributed by atoms with E-state index in [2.05, 4.69) is 45.1 Å². The van der Waals surface area contributed by atoms with Crippen LogP contribution in [0.4, 0.5) is 5.69 Å². The van der Waals surface area contributed by atoms with Crippen LogP contribution in [0.3, 0.4) is 0 Å². The fraction of sp³-hybridized carbons (Fsp3) is 0.115. The second-order valence-corrected chi connectivity index (χ2v) is 8.74. The second kappa shape index (κ2) is 8.88. The maximum absolute atomic E-state index is 12.7. The number of anilines is 1. The van der Waals surface area contributed by atoms with Gasteiger partial charge in [-0.05, 0) is 66.8 Å². The SMILES string of the molecule is Cc1ccc2[nH]cc(CCNC(=O)c3cccc(NC(=O)c4nsc5ccccc45)c3)c2c1. The molecule has 0 unspecified atom stereocenters. The molecule has 2 heterocycles. The molecule has 0 atom stereocenters. The van der Waals surface area contributed by atoms with Crippen molar-refractivity contribution in [2.24, 2.45) is 0 Å². The van der Waals surface area contributed by atoms with Crippen molar-refractivity contribution in [3.63, 3.8) is 0 Å². The van der Waals surface area contributed by atoms with Crippen molar-refractivity contribution in [3.8, 4) is 0 Å². The summed E-state index contributed by atoms with van der Waals surface area (Å²) in [6.07, 6.45) is 2.72. The molecule has 0 aliphatic rings. The average Bonchev–Trinajstić information content (AvgIpc) is 3.43. The normalized spacial score (nSPS) is 11.1. The van der Waals surface area contributed by atoms with Gasteiger partial charge >= 0.3 is 0 Å². The minimum atomic E-state index is -0.292. The molecule has 3 N–H and O–H groups in total. The number of aryl methyl sites for hydroxylation is 1. The van der Waals surface area contributed by atoms with Gasteiger partial charge in [-0.2, -0.15) is 4.37 Å². The molecule has 33 heavy (non-hydrogen) atoms. The van der Waals surface area contributed by atoms with Gasteiger partial charge in [0.15, 0.2) is 0 Å². The summed E-state index contributed by atoms with van der Waals surface area (Å²) in [4.78, 5) is 28.7. The molecule has 7 heteroatoms. The van der Waals surface area contributed by atoms with Crippen LogP contribution < -0.4 is 10.6 Å². The Kier molecular flexibility index (Phi) is 5.62. The van der Waals surface area contributed by atoms with Crippen molar-refractivity contribution in [2.45, 2.75) is 13.3 Å². The number of carbonyl (C=O) groups is 2. The van der Waals surface area contributed by atoms with E-state index in [0.29, 0.717) is 23.5 Å². The Hall–Kier alpha value is -3.97. The van der Waals surface area contributed by atoms with E-state index < -0.39 is 0 Å². The largest absolute Gasteiger partial charge is 0.361 e. The van der Waals surface area contributed by atoms with Gasteiger partial charge in [-0.15, -0.1) is 0 Å². The predicted octanol–water partition coefficient (Wildman–Crippen LogP) is 5.31. The first-order valence-electron chi connectivity index (χ1n) is 10.7. The molecular weight excluding hydrogens is 432 g/mol. The van der Waals surface area contributed by atoms with E-state index in [0.717, 1.165) is 22.0 Å². The highest BCUT2D eigenvalue weighted by atomic mass is 32.1. The molecule has 0 radical (unpaired) electrons. The number of carbonyl (C=O) groups excluding carboxylic acids is 2. The number of aromatic amines is 1. The average molecular weight is 455 g/mol. The highest BCUT2D eigenvalue weighted by Gasteiger charge is 2.15. The standard InChI is InChI=1S/C26H22N4O2S/c1-16-9-10-22-21(13-16)18(15-28-22)11-12-27-25(31)17-5-4-6-19(14-17)29-26(32)24-20-7-2-3-8-23(20)33-30-24/h2-10,13-15,28H,11-12H2,1H3,(H,27,31)(H,29,32). The van der Waals surface area contributed by atoms with Gasteiger partial charge in [0.2, 0.25) is 0 Å². The molecule has 0 aliphatic carbocycles. The van der Waals surface area contributed by atoms with E-state index in [1.165, 1.54) is 28.0 Å². The molecule has 2 amide bonds. The van der Waals surface area contributed by atoms with Crippen LogP contribution in [0.25, 0.3) is 21.0 Å². The first kappa shape index (κ1) is 20.9. The molecule has 0 spiro atoms. The van der Waals surface area contributed by atoms with E-state index in [4.69, 9.17) is 0 Å². The summed E-state index contributed by atoms with van der Waals surface area (Å²) in [5.41, 5.74) is 4.91. The molecule has 0 aliphatic heterocycles. The highest BCUT2D eigenvalue weighted by molar-refractivity contribution is 7.13. The molecule has 0 bridgehead atoms. The van der Waals surface area contributed by atoms with Crippen LogP contribution in [0.1, 0.15) is 32.0 Å². The lowest BCUT2D eigenvalue weighted by atomic mass is 10.1. The quantitative estimate of drug-likeness (QED) is 0.325. The maximum Gasteiger partial charge on any atom is 0.276 e. The first-order valence-corrected chi connectivity index (χ1v) is 11.5. The molecule has 5 rings (SSSR count). The number of nitrogens with one attached hydrogen (secondary N) is 3. The number of aromatic nitrogens is 2. The third kappa shape index (κ3) is 4.36. The molecule has 164 valence electrons. The molecule has 6 nitrogen and oxygen atoms in total. The zero-order chi connectivity index (χ0) is 22.8. The van der Waals surface area contributed by atoms with Crippen LogP contribution in [0.2, 0.25) is 0 Å². The van der Waals surface area contributed by atoms with Gasteiger partial charge in [0, 0.05) is 40.3 Å². The zero-order valence-electron chi connectivity index (χ0n) is 18.0. The molecular formula is C26H22N4O2S. The van der Waals surface area contributed by atoms with Crippen molar-refractivity contribution < 1.29 is 9.59 Å². The van der Waals surface area contributed by atoms with E-state index in [1.54, 1.807) is 24.3 Å². The summed E-state index contributed by atoms with van der Waals surface area (Å²) in [6.45, 7) is 2.59. The van der Waals surface area contributed by atoms with Crippen LogP contribution in [-0.4, -0.2) is 27.7 Å². The Balaban J connectivity index is 1.23. The van der Waals surface area contributed by atoms with Crippen LogP contribution in [0.15, 0.2) is 72.9 Å². The Labute approximate surface area is 194 Å². The van der Waals surface area contributed by atoms with Gasteiger partial charge in [0.1, 0.15) is 5.69 Å². The number of H-pyrrole nitrogens is 1. The molecule has 0 fully saturated rings. The topological polar surface area (TPSA) is 86.9 Å². The molecule has 5 aromatic rings. The summed E-state index contributed by atoms with van der Waals surface area (Å²) < 4.78 is 5.25. The van der Waals surface area contributed by atoms with Crippen LogP contribution in [0.5, 0.6) is 0 Å². The maximum atomic E-state index is 12.7. The Morgan fingerprint density at radius 2 is 1.85 bits per heavy atom. The number of rotatable bonds is 6. The fourth-order valence-corrected chi connectivity index (χ4v) is 4.66. The predicted molar refractivity (Wildman–Crippen MR) is 133 cm³/mol. The van der Waals surface area contributed by atoms with Gasteiger partial charge < -0.3 is 15.6 Å². The van der Waals surface area contributed by atoms with Gasteiger partial charge in [0.25, 0.3) is 11.8 Å². The number of fused-ring (bicyclic) bond motifs is 2. The van der Waals surface area contributed by atoms with E-state index >= 15 is 0 Å². The highest BCUT2D eigenvalue weighted by Crippen LogP contribution is 2.23. The summed E-state index contributed by atoms with van der Waals surface area (Å²) in [7, 11) is 0. The van der Waals surface area contributed by atoms with Gasteiger partial charge in [-0.1, -0.05) is 35.9 Å². The summed E-state index contributed by atoms with van der Waals surface area (Å²) in [5.74, 6) is -0.471. The molecule has 3 aromatic carbocycles. The van der Waals surface area contributed by atoms with Crippen LogP contribution in [0, 0.1) is 6.92 Å². The van der Waals surface area contributed by atoms with Crippen molar-refractivity contribution in [1.82, 2.24) is 14.7 Å². The second-order valence-electron chi connectivity index (χ2n) is 7.93. The molecule has 0 saturated carbocycles. The number of hydrogen-bond acceptors (Lipinski definition) is 4. The monoisotopic (exact) mass is 454 g/mol. The molecule has 2 aromatic heterocycles. The van der Waals surface area contributed by atoms with Crippen LogP contribution in [-0.2, 0) is 6.42 Å². The first-order chi connectivity index (χ1) is 16.1. The van der Waals surface area contributed by atoms with Crippen molar-refractivity contribution in [2.75, 3.05) is 11.9 Å². The van der Waals surface area contributed by atoms with Crippen molar-refractivity contribution >= 4 is 50.0 Å². The van der Waals surface area contributed by atoms with Gasteiger partial charge in [0.05, 0.1) is 4.70 Å². The lowest BCUT2D eigenvalue weighted by Gasteiger charge is -2.08. The van der Waals surface area contributed by atoms with E-state index in [9.17, 15) is 9.59 Å². The number of benzene rings is 3. The van der Waals surface area contributed by atoms with E-state index in [-0.39, 0.29) is 11.8 Å². The Bertz CT molecular complexity index is 1480. The number of hydrogen-bond donors (Lipinski definition) is 3.